The molecule has 1 fully saturated rings. The van der Waals surface area contributed by atoms with E-state index in [0.717, 1.165) is 19.5 Å². The van der Waals surface area contributed by atoms with Crippen LogP contribution in [0.4, 0.5) is 17.3 Å². The summed E-state index contributed by atoms with van der Waals surface area (Å²) in [6.45, 7) is 4.04. The summed E-state index contributed by atoms with van der Waals surface area (Å²) >= 11 is 0. The van der Waals surface area contributed by atoms with Gasteiger partial charge in [0.2, 0.25) is 0 Å². The zero-order chi connectivity index (χ0) is 18.5. The van der Waals surface area contributed by atoms with Crippen molar-refractivity contribution in [2.45, 2.75) is 19.8 Å². The summed E-state index contributed by atoms with van der Waals surface area (Å²) in [4.78, 5) is 23.0. The molecule has 1 atom stereocenters. The number of rotatable bonds is 5. The van der Waals surface area contributed by atoms with E-state index in [9.17, 15) is 4.79 Å². The molecule has 138 valence electrons. The summed E-state index contributed by atoms with van der Waals surface area (Å²) in [6.07, 6.45) is 3.77. The Balaban J connectivity index is 1.72. The Morgan fingerprint density at radius 2 is 2.15 bits per heavy atom. The van der Waals surface area contributed by atoms with Crippen LogP contribution < -0.4 is 26.2 Å². The third-order valence-electron chi connectivity index (χ3n) is 4.47. The molecule has 0 radical (unpaired) electrons. The van der Waals surface area contributed by atoms with E-state index < -0.39 is 0 Å². The fourth-order valence-electron chi connectivity index (χ4n) is 3.14. The molecule has 1 aromatic heterocycles. The van der Waals surface area contributed by atoms with Crippen LogP contribution >= 0.6 is 0 Å². The molecule has 1 saturated heterocycles. The van der Waals surface area contributed by atoms with Crippen LogP contribution in [0.15, 0.2) is 30.6 Å². The largest absolute Gasteiger partial charge is 0.496 e. The first-order valence-electron chi connectivity index (χ1n) is 8.65. The first kappa shape index (κ1) is 17.8. The van der Waals surface area contributed by atoms with E-state index >= 15 is 0 Å². The molecule has 0 spiro atoms. The molecule has 8 heteroatoms. The van der Waals surface area contributed by atoms with Gasteiger partial charge in [-0.25, -0.2) is 9.97 Å². The van der Waals surface area contributed by atoms with Crippen LogP contribution in [-0.2, 0) is 0 Å². The lowest BCUT2D eigenvalue weighted by Crippen LogP contribution is -2.36. The summed E-state index contributed by atoms with van der Waals surface area (Å²) in [5, 5.41) is 0. The van der Waals surface area contributed by atoms with Gasteiger partial charge in [-0.05, 0) is 30.9 Å². The number of hydrogen-bond donors (Lipinski definition) is 3. The Bertz CT molecular complexity index is 782. The number of ether oxygens (including phenoxy) is 1. The normalized spacial score (nSPS) is 16.8. The number of nitrogens with two attached hydrogens (primary N) is 1. The molecule has 3 rings (SSSR count). The highest BCUT2D eigenvalue weighted by atomic mass is 16.5. The van der Waals surface area contributed by atoms with E-state index in [0.29, 0.717) is 34.6 Å². The van der Waals surface area contributed by atoms with Gasteiger partial charge >= 0.3 is 0 Å². The standard InChI is InChI=1S/C18H24N6O2/c1-12-6-5-9-24(10-12)17-15(19)16(20-11-21-17)22-23-18(25)13-7-3-4-8-14(13)26-2/h3-4,7-8,11-12H,5-6,9-10,19H2,1-2H3,(H,23,25)(H,20,21,22). The number of hydrazine groups is 1. The van der Waals surface area contributed by atoms with E-state index in [4.69, 9.17) is 10.5 Å². The van der Waals surface area contributed by atoms with Gasteiger partial charge in [0.1, 0.15) is 17.8 Å². The van der Waals surface area contributed by atoms with Crippen molar-refractivity contribution < 1.29 is 9.53 Å². The van der Waals surface area contributed by atoms with Crippen molar-refractivity contribution in [2.24, 2.45) is 5.92 Å². The minimum absolute atomic E-state index is 0.339. The number of carbonyl (C=O) groups excluding carboxylic acids is 1. The minimum atomic E-state index is -0.339. The minimum Gasteiger partial charge on any atom is -0.496 e. The predicted octanol–water partition coefficient (Wildman–Crippen LogP) is 2.06. The lowest BCUT2D eigenvalue weighted by Gasteiger charge is -2.32. The number of carbonyl (C=O) groups is 1. The lowest BCUT2D eigenvalue weighted by molar-refractivity contribution is 0.0959. The summed E-state index contributed by atoms with van der Waals surface area (Å²) in [5.74, 6) is 1.82. The van der Waals surface area contributed by atoms with Crippen molar-refractivity contribution in [3.8, 4) is 5.75 Å². The number of piperidine rings is 1. The highest BCUT2D eigenvalue weighted by Crippen LogP contribution is 2.29. The third-order valence-corrected chi connectivity index (χ3v) is 4.47. The number of hydrogen-bond acceptors (Lipinski definition) is 7. The molecule has 0 aliphatic carbocycles. The van der Waals surface area contributed by atoms with Crippen molar-refractivity contribution in [1.82, 2.24) is 15.4 Å². The van der Waals surface area contributed by atoms with E-state index in [1.165, 1.54) is 19.9 Å². The highest BCUT2D eigenvalue weighted by Gasteiger charge is 2.21. The van der Waals surface area contributed by atoms with Crippen LogP contribution in [-0.4, -0.2) is 36.1 Å². The molecule has 1 aliphatic heterocycles. The van der Waals surface area contributed by atoms with Crippen LogP contribution in [0.2, 0.25) is 0 Å². The number of methoxy groups -OCH3 is 1. The topological polar surface area (TPSA) is 105 Å². The lowest BCUT2D eigenvalue weighted by atomic mass is 10.0. The number of aromatic nitrogens is 2. The molecule has 1 aromatic carbocycles. The third kappa shape index (κ3) is 3.79. The molecular formula is C18H24N6O2. The molecule has 1 aliphatic rings. The monoisotopic (exact) mass is 356 g/mol. The van der Waals surface area contributed by atoms with Crippen LogP contribution in [0.1, 0.15) is 30.1 Å². The van der Waals surface area contributed by atoms with Crippen LogP contribution in [0, 0.1) is 5.92 Å². The van der Waals surface area contributed by atoms with Crippen molar-refractivity contribution in [1.29, 1.82) is 0 Å². The van der Waals surface area contributed by atoms with Crippen molar-refractivity contribution in [2.75, 3.05) is 36.3 Å². The Morgan fingerprint density at radius 1 is 1.35 bits per heavy atom. The number of nitrogens with one attached hydrogen (secondary N) is 2. The van der Waals surface area contributed by atoms with E-state index in [-0.39, 0.29) is 5.91 Å². The van der Waals surface area contributed by atoms with Gasteiger partial charge in [-0.3, -0.25) is 15.6 Å². The first-order chi connectivity index (χ1) is 12.6. The summed E-state index contributed by atoms with van der Waals surface area (Å²) in [7, 11) is 1.52. The fraction of sp³-hybridized carbons (Fsp3) is 0.389. The van der Waals surface area contributed by atoms with Crippen LogP contribution in [0.5, 0.6) is 5.75 Å². The second-order valence-electron chi connectivity index (χ2n) is 6.43. The molecule has 0 saturated carbocycles. The van der Waals surface area contributed by atoms with Gasteiger partial charge in [-0.1, -0.05) is 19.1 Å². The molecule has 4 N–H and O–H groups in total. The summed E-state index contributed by atoms with van der Waals surface area (Å²) in [5.41, 5.74) is 12.5. The van der Waals surface area contributed by atoms with E-state index in [1.807, 2.05) is 0 Å². The van der Waals surface area contributed by atoms with Gasteiger partial charge in [0.25, 0.3) is 5.91 Å². The number of para-hydroxylation sites is 1. The molecule has 2 heterocycles. The first-order valence-corrected chi connectivity index (χ1v) is 8.65. The van der Waals surface area contributed by atoms with Gasteiger partial charge < -0.3 is 15.4 Å². The van der Waals surface area contributed by atoms with Gasteiger partial charge in [-0.2, -0.15) is 0 Å². The average molecular weight is 356 g/mol. The number of nitrogens with zero attached hydrogens (tertiary/aromatic N) is 3. The van der Waals surface area contributed by atoms with Crippen LogP contribution in [0.3, 0.4) is 0 Å². The second-order valence-corrected chi connectivity index (χ2v) is 6.43. The number of nitrogen functional groups attached to an aromatic ring is 1. The zero-order valence-electron chi connectivity index (χ0n) is 15.0. The maximum atomic E-state index is 12.4. The highest BCUT2D eigenvalue weighted by molar-refractivity contribution is 5.97. The van der Waals surface area contributed by atoms with Crippen molar-refractivity contribution in [3.63, 3.8) is 0 Å². The quantitative estimate of drug-likeness (QED) is 0.704. The SMILES string of the molecule is COc1ccccc1C(=O)NNc1ncnc(N2CCCC(C)C2)c1N. The smallest absolute Gasteiger partial charge is 0.273 e. The Kier molecular flexibility index (Phi) is 5.40. The number of benzene rings is 1. The average Bonchev–Trinajstić information content (AvgIpc) is 2.67. The van der Waals surface area contributed by atoms with E-state index in [1.54, 1.807) is 24.3 Å². The van der Waals surface area contributed by atoms with Crippen molar-refractivity contribution in [3.05, 3.63) is 36.2 Å². The molecule has 8 nitrogen and oxygen atoms in total. The Morgan fingerprint density at radius 3 is 2.92 bits per heavy atom. The number of anilines is 3. The molecule has 2 aromatic rings. The molecule has 1 unspecified atom stereocenters. The second kappa shape index (κ2) is 7.90. The van der Waals surface area contributed by atoms with Gasteiger partial charge in [-0.15, -0.1) is 0 Å². The summed E-state index contributed by atoms with van der Waals surface area (Å²) in [6, 6.07) is 6.98. The number of amides is 1. The van der Waals surface area contributed by atoms with E-state index in [2.05, 4.69) is 32.6 Å². The van der Waals surface area contributed by atoms with Crippen LogP contribution in [0.25, 0.3) is 0 Å². The van der Waals surface area contributed by atoms with Crippen molar-refractivity contribution >= 4 is 23.2 Å². The fourth-order valence-corrected chi connectivity index (χ4v) is 3.14. The Labute approximate surface area is 152 Å². The van der Waals surface area contributed by atoms with Gasteiger partial charge in [0.05, 0.1) is 12.7 Å². The molecule has 1 amide bonds. The molecule has 0 bridgehead atoms. The molecule has 26 heavy (non-hydrogen) atoms. The maximum absolute atomic E-state index is 12.4. The van der Waals surface area contributed by atoms with Gasteiger partial charge in [0.15, 0.2) is 11.6 Å². The Hall–Kier alpha value is -3.03. The zero-order valence-corrected chi connectivity index (χ0v) is 15.0. The molecular weight excluding hydrogens is 332 g/mol. The van der Waals surface area contributed by atoms with Gasteiger partial charge in [0, 0.05) is 13.1 Å². The maximum Gasteiger partial charge on any atom is 0.273 e. The predicted molar refractivity (Wildman–Crippen MR) is 101 cm³/mol. The summed E-state index contributed by atoms with van der Waals surface area (Å²) < 4.78 is 5.21.